The van der Waals surface area contributed by atoms with Crippen LogP contribution in [0.3, 0.4) is 0 Å². The molecule has 81 valence electrons. The minimum atomic E-state index is 0.740. The van der Waals surface area contributed by atoms with Gasteiger partial charge in [-0.1, -0.05) is 54.6 Å². The summed E-state index contributed by atoms with van der Waals surface area (Å²) in [6, 6.07) is 18.5. The second-order valence-electron chi connectivity index (χ2n) is 3.73. The first-order chi connectivity index (χ1) is 8.43. The average molecular weight is 220 g/mol. The smallest absolute Gasteiger partial charge is 0.221 e. The van der Waals surface area contributed by atoms with E-state index in [1.807, 2.05) is 30.3 Å². The van der Waals surface area contributed by atoms with Crippen LogP contribution in [0.1, 0.15) is 0 Å². The maximum atomic E-state index is 4.00. The second kappa shape index (κ2) is 4.22. The molecule has 0 aliphatic rings. The van der Waals surface area contributed by atoms with Gasteiger partial charge in [-0.15, -0.1) is 5.10 Å². The Balaban J connectivity index is 1.96. The van der Waals surface area contributed by atoms with Crippen molar-refractivity contribution in [3.05, 3.63) is 60.9 Å². The third kappa shape index (κ3) is 1.95. The highest BCUT2D eigenvalue weighted by Gasteiger charge is 2.01. The van der Waals surface area contributed by atoms with Crippen molar-refractivity contribution in [1.82, 2.24) is 15.2 Å². The van der Waals surface area contributed by atoms with Crippen LogP contribution in [-0.4, -0.2) is 15.2 Å². The minimum absolute atomic E-state index is 0.740. The van der Waals surface area contributed by atoms with E-state index in [-0.39, 0.29) is 0 Å². The fraction of sp³-hybridized carbons (Fsp3) is 0. The van der Waals surface area contributed by atoms with Crippen molar-refractivity contribution in [2.24, 2.45) is 0 Å². The molecule has 3 heteroatoms. The molecule has 0 saturated carbocycles. The fourth-order valence-electron chi connectivity index (χ4n) is 1.76. The van der Waals surface area contributed by atoms with Crippen molar-refractivity contribution in [2.75, 3.05) is 0 Å². The molecular formula is C14H10N3. The Morgan fingerprint density at radius 1 is 0.765 bits per heavy atom. The van der Waals surface area contributed by atoms with E-state index in [4.69, 9.17) is 0 Å². The van der Waals surface area contributed by atoms with Gasteiger partial charge in [0, 0.05) is 5.56 Å². The number of H-pyrrole nitrogens is 1. The number of nitrogens with zero attached hydrogens (tertiary/aromatic N) is 2. The van der Waals surface area contributed by atoms with E-state index in [1.54, 1.807) is 0 Å². The normalized spacial score (nSPS) is 10.4. The molecule has 0 aliphatic heterocycles. The van der Waals surface area contributed by atoms with Gasteiger partial charge in [-0.3, -0.25) is 5.10 Å². The Hall–Kier alpha value is -2.42. The Kier molecular flexibility index (Phi) is 2.43. The highest BCUT2D eigenvalue weighted by atomic mass is 15.2. The topological polar surface area (TPSA) is 41.6 Å². The molecule has 3 rings (SSSR count). The standard InChI is InChI=1S/C14H10N3/c1-2-4-11(5-3-1)12-6-8-13(9-7-12)14-15-10-16-17-14/h1-9H,(H,15,16,17). The van der Waals surface area contributed by atoms with E-state index in [0.29, 0.717) is 0 Å². The van der Waals surface area contributed by atoms with Crippen LogP contribution in [-0.2, 0) is 0 Å². The number of hydrogen-bond acceptors (Lipinski definition) is 2. The summed E-state index contributed by atoms with van der Waals surface area (Å²) in [5.41, 5.74) is 3.42. The molecule has 0 bridgehead atoms. The van der Waals surface area contributed by atoms with Crippen LogP contribution >= 0.6 is 0 Å². The van der Waals surface area contributed by atoms with Gasteiger partial charge < -0.3 is 0 Å². The molecule has 0 atom stereocenters. The summed E-state index contributed by atoms with van der Waals surface area (Å²) in [6.45, 7) is 0. The van der Waals surface area contributed by atoms with Crippen molar-refractivity contribution < 1.29 is 0 Å². The molecule has 1 radical (unpaired) electrons. The monoisotopic (exact) mass is 220 g/mol. The van der Waals surface area contributed by atoms with Gasteiger partial charge in [0.2, 0.25) is 6.33 Å². The van der Waals surface area contributed by atoms with Crippen molar-refractivity contribution >= 4 is 0 Å². The lowest BCUT2D eigenvalue weighted by Crippen LogP contribution is -1.82. The van der Waals surface area contributed by atoms with Gasteiger partial charge in [-0.25, -0.2) is 4.98 Å². The van der Waals surface area contributed by atoms with Gasteiger partial charge >= 0.3 is 0 Å². The lowest BCUT2D eigenvalue weighted by molar-refractivity contribution is 1.09. The number of benzene rings is 2. The number of aromatic nitrogens is 3. The van der Waals surface area contributed by atoms with E-state index in [1.165, 1.54) is 11.1 Å². The first kappa shape index (κ1) is 9.78. The molecule has 0 aliphatic carbocycles. The Morgan fingerprint density at radius 2 is 1.41 bits per heavy atom. The van der Waals surface area contributed by atoms with Crippen LogP contribution in [0.2, 0.25) is 0 Å². The fourth-order valence-corrected chi connectivity index (χ4v) is 1.76. The molecule has 17 heavy (non-hydrogen) atoms. The lowest BCUT2D eigenvalue weighted by atomic mass is 10.0. The van der Waals surface area contributed by atoms with Crippen LogP contribution in [0.25, 0.3) is 22.5 Å². The van der Waals surface area contributed by atoms with Crippen LogP contribution in [0, 0.1) is 6.33 Å². The highest BCUT2D eigenvalue weighted by molar-refractivity contribution is 5.67. The quantitative estimate of drug-likeness (QED) is 0.721. The van der Waals surface area contributed by atoms with E-state index in [0.717, 1.165) is 11.4 Å². The summed E-state index contributed by atoms with van der Waals surface area (Å²) in [5.74, 6) is 0.740. The average Bonchev–Trinajstić information content (AvgIpc) is 2.94. The number of nitrogens with one attached hydrogen (secondary N) is 1. The molecule has 0 spiro atoms. The predicted octanol–water partition coefficient (Wildman–Crippen LogP) is 2.94. The van der Waals surface area contributed by atoms with Crippen molar-refractivity contribution in [3.63, 3.8) is 0 Å². The summed E-state index contributed by atoms with van der Waals surface area (Å²) in [7, 11) is 0. The zero-order chi connectivity index (χ0) is 11.5. The van der Waals surface area contributed by atoms with Crippen LogP contribution < -0.4 is 0 Å². The van der Waals surface area contributed by atoms with E-state index in [9.17, 15) is 0 Å². The van der Waals surface area contributed by atoms with E-state index >= 15 is 0 Å². The first-order valence-electron chi connectivity index (χ1n) is 5.38. The predicted molar refractivity (Wildman–Crippen MR) is 66.1 cm³/mol. The molecule has 0 amide bonds. The number of hydrogen-bond donors (Lipinski definition) is 1. The molecule has 1 N–H and O–H groups in total. The molecule has 1 heterocycles. The second-order valence-corrected chi connectivity index (χ2v) is 3.73. The third-order valence-electron chi connectivity index (χ3n) is 2.64. The Labute approximate surface area is 99.2 Å². The SMILES string of the molecule is [c]1n[nH]c(-c2ccc(-c3ccccc3)cc2)n1. The van der Waals surface area contributed by atoms with Gasteiger partial charge in [0.05, 0.1) is 0 Å². The Bertz CT molecular complexity index is 583. The highest BCUT2D eigenvalue weighted by Crippen LogP contribution is 2.22. The maximum Gasteiger partial charge on any atom is 0.221 e. The van der Waals surface area contributed by atoms with Gasteiger partial charge in [0.1, 0.15) is 0 Å². The van der Waals surface area contributed by atoms with Crippen LogP contribution in [0.15, 0.2) is 54.6 Å². The molecule has 2 aromatic carbocycles. The first-order valence-corrected chi connectivity index (χ1v) is 5.38. The zero-order valence-corrected chi connectivity index (χ0v) is 9.09. The van der Waals surface area contributed by atoms with Crippen molar-refractivity contribution in [1.29, 1.82) is 0 Å². The van der Waals surface area contributed by atoms with Crippen LogP contribution in [0.5, 0.6) is 0 Å². The summed E-state index contributed by atoms with van der Waals surface area (Å²) < 4.78 is 0. The lowest BCUT2D eigenvalue weighted by Gasteiger charge is -2.02. The molecular weight excluding hydrogens is 210 g/mol. The Morgan fingerprint density at radius 3 is 2.06 bits per heavy atom. The maximum absolute atomic E-state index is 4.00. The summed E-state index contributed by atoms with van der Waals surface area (Å²) in [5, 5.41) is 6.51. The van der Waals surface area contributed by atoms with Crippen molar-refractivity contribution in [3.8, 4) is 22.5 Å². The largest absolute Gasteiger partial charge is 0.259 e. The van der Waals surface area contributed by atoms with Gasteiger partial charge in [0.15, 0.2) is 5.82 Å². The zero-order valence-electron chi connectivity index (χ0n) is 9.09. The van der Waals surface area contributed by atoms with Gasteiger partial charge in [-0.2, -0.15) is 0 Å². The summed E-state index contributed by atoms with van der Waals surface area (Å²) in [4.78, 5) is 4.00. The van der Waals surface area contributed by atoms with Crippen molar-refractivity contribution in [2.45, 2.75) is 0 Å². The molecule has 1 aromatic heterocycles. The third-order valence-corrected chi connectivity index (χ3v) is 2.64. The molecule has 3 nitrogen and oxygen atoms in total. The van der Waals surface area contributed by atoms with E-state index < -0.39 is 0 Å². The molecule has 0 unspecified atom stereocenters. The molecule has 0 fully saturated rings. The van der Waals surface area contributed by atoms with Gasteiger partial charge in [-0.05, 0) is 11.1 Å². The van der Waals surface area contributed by atoms with Gasteiger partial charge in [0.25, 0.3) is 0 Å². The van der Waals surface area contributed by atoms with E-state index in [2.05, 4.69) is 45.8 Å². The molecule has 3 aromatic rings. The summed E-state index contributed by atoms with van der Waals surface area (Å²) in [6.07, 6.45) is 2.52. The van der Waals surface area contributed by atoms with Crippen LogP contribution in [0.4, 0.5) is 0 Å². The number of aromatic amines is 1. The minimum Gasteiger partial charge on any atom is -0.259 e. The summed E-state index contributed by atoms with van der Waals surface area (Å²) >= 11 is 0. The molecule has 0 saturated heterocycles. The number of rotatable bonds is 2.